The first kappa shape index (κ1) is 18.3. The topological polar surface area (TPSA) is 34.1 Å². The zero-order valence-electron chi connectivity index (χ0n) is 15.7. The number of para-hydroxylation sites is 1. The van der Waals surface area contributed by atoms with Gasteiger partial charge in [0, 0.05) is 17.0 Å². The third-order valence-corrected chi connectivity index (χ3v) is 5.81. The number of hydrogen-bond acceptors (Lipinski definition) is 4. The fourth-order valence-electron chi connectivity index (χ4n) is 4.02. The molecule has 0 N–H and O–H groups in total. The lowest BCUT2D eigenvalue weighted by Crippen LogP contribution is -2.34. The number of benzene rings is 3. The largest absolute Gasteiger partial charge is 0.495 e. The minimum atomic E-state index is -0.498. The van der Waals surface area contributed by atoms with Crippen LogP contribution < -0.4 is 9.47 Å². The quantitative estimate of drug-likeness (QED) is 0.498. The number of ether oxygens (including phenoxy) is 2. The molecular formula is C23H18Cl2N2O2. The predicted octanol–water partition coefficient (Wildman–Crippen LogP) is 6.24. The minimum absolute atomic E-state index is 0.0580. The van der Waals surface area contributed by atoms with E-state index in [2.05, 4.69) is 18.2 Å². The number of fused-ring (bicyclic) bond motifs is 3. The van der Waals surface area contributed by atoms with Gasteiger partial charge in [-0.15, -0.1) is 0 Å². The second-order valence-corrected chi connectivity index (χ2v) is 7.87. The van der Waals surface area contributed by atoms with Crippen molar-refractivity contribution < 1.29 is 9.47 Å². The summed E-state index contributed by atoms with van der Waals surface area (Å²) in [6.07, 6.45) is 0.291. The number of halogens is 2. The van der Waals surface area contributed by atoms with Crippen molar-refractivity contribution >= 4 is 28.9 Å². The van der Waals surface area contributed by atoms with E-state index in [4.69, 9.17) is 37.8 Å². The molecule has 0 amide bonds. The van der Waals surface area contributed by atoms with E-state index in [1.165, 1.54) is 0 Å². The van der Waals surface area contributed by atoms with Gasteiger partial charge in [-0.05, 0) is 23.8 Å². The first-order valence-corrected chi connectivity index (χ1v) is 10.1. The van der Waals surface area contributed by atoms with Crippen LogP contribution >= 0.6 is 23.2 Å². The molecule has 4 nitrogen and oxygen atoms in total. The molecular weight excluding hydrogens is 407 g/mol. The third-order valence-electron chi connectivity index (χ3n) is 5.31. The van der Waals surface area contributed by atoms with Crippen LogP contribution in [-0.2, 0) is 0 Å². The third kappa shape index (κ3) is 3.13. The fraction of sp³-hybridized carbons (Fsp3) is 0.174. The minimum Gasteiger partial charge on any atom is -0.495 e. The molecule has 3 aromatic rings. The van der Waals surface area contributed by atoms with Crippen molar-refractivity contribution in [3.63, 3.8) is 0 Å². The molecule has 0 aromatic heterocycles. The van der Waals surface area contributed by atoms with Gasteiger partial charge in [-0.25, -0.2) is 5.01 Å². The van der Waals surface area contributed by atoms with E-state index in [0.29, 0.717) is 15.8 Å². The van der Waals surface area contributed by atoms with Gasteiger partial charge < -0.3 is 9.47 Å². The molecule has 0 unspecified atom stereocenters. The molecule has 2 aliphatic rings. The Kier molecular flexibility index (Phi) is 4.61. The van der Waals surface area contributed by atoms with Gasteiger partial charge in [0.15, 0.2) is 0 Å². The number of hydrazone groups is 1. The molecule has 29 heavy (non-hydrogen) atoms. The van der Waals surface area contributed by atoms with Crippen molar-refractivity contribution in [2.45, 2.75) is 18.7 Å². The molecule has 6 heteroatoms. The summed E-state index contributed by atoms with van der Waals surface area (Å²) in [6, 6.07) is 21.8. The molecule has 0 saturated heterocycles. The molecule has 0 bridgehead atoms. The number of hydrogen-bond donors (Lipinski definition) is 0. The lowest BCUT2D eigenvalue weighted by molar-refractivity contribution is -0.0203. The number of rotatable bonds is 3. The predicted molar refractivity (Wildman–Crippen MR) is 115 cm³/mol. The molecule has 0 aliphatic carbocycles. The normalized spacial score (nSPS) is 19.8. The molecule has 2 atom stereocenters. The Labute approximate surface area is 179 Å². The molecule has 0 spiro atoms. The van der Waals surface area contributed by atoms with Gasteiger partial charge in [0.1, 0.15) is 11.5 Å². The van der Waals surface area contributed by atoms with Gasteiger partial charge in [-0.1, -0.05) is 71.7 Å². The molecule has 2 aliphatic heterocycles. The summed E-state index contributed by atoms with van der Waals surface area (Å²) in [7, 11) is 1.59. The maximum atomic E-state index is 6.40. The van der Waals surface area contributed by atoms with Crippen molar-refractivity contribution in [1.29, 1.82) is 0 Å². The van der Waals surface area contributed by atoms with Gasteiger partial charge in [-0.3, -0.25) is 0 Å². The fourth-order valence-corrected chi connectivity index (χ4v) is 4.61. The van der Waals surface area contributed by atoms with E-state index in [0.717, 1.165) is 34.6 Å². The molecule has 0 radical (unpaired) electrons. The lowest BCUT2D eigenvalue weighted by atomic mass is 9.96. The van der Waals surface area contributed by atoms with Gasteiger partial charge in [-0.2, -0.15) is 5.10 Å². The maximum absolute atomic E-state index is 6.40. The van der Waals surface area contributed by atoms with Crippen LogP contribution in [0, 0.1) is 0 Å². The monoisotopic (exact) mass is 424 g/mol. The molecule has 2 heterocycles. The molecule has 0 fully saturated rings. The van der Waals surface area contributed by atoms with E-state index in [9.17, 15) is 0 Å². The zero-order chi connectivity index (χ0) is 20.0. The highest BCUT2D eigenvalue weighted by atomic mass is 35.5. The lowest BCUT2D eigenvalue weighted by Gasteiger charge is -2.38. The van der Waals surface area contributed by atoms with Crippen molar-refractivity contribution in [1.82, 2.24) is 5.01 Å². The van der Waals surface area contributed by atoms with Crippen LogP contribution in [0.5, 0.6) is 11.5 Å². The smallest absolute Gasteiger partial charge is 0.217 e. The number of methoxy groups -OCH3 is 1. The average Bonchev–Trinajstić information content (AvgIpc) is 3.19. The van der Waals surface area contributed by atoms with Crippen molar-refractivity contribution in [2.24, 2.45) is 5.10 Å². The van der Waals surface area contributed by atoms with Crippen LogP contribution in [0.15, 0.2) is 71.8 Å². The summed E-state index contributed by atoms with van der Waals surface area (Å²) < 4.78 is 12.0. The Bertz CT molecular complexity index is 1100. The molecule has 146 valence electrons. The van der Waals surface area contributed by atoms with Crippen molar-refractivity contribution in [2.75, 3.05) is 7.11 Å². The van der Waals surface area contributed by atoms with Crippen LogP contribution in [0.2, 0.25) is 10.0 Å². The SMILES string of the molecule is COc1c(Cl)cc(Cl)cc1[C@@H]1Oc2ccccc2[C@H]2CC(c3ccccc3)=NN21. The second-order valence-electron chi connectivity index (χ2n) is 7.03. The van der Waals surface area contributed by atoms with E-state index >= 15 is 0 Å². The summed E-state index contributed by atoms with van der Waals surface area (Å²) >= 11 is 12.7. The second kappa shape index (κ2) is 7.29. The van der Waals surface area contributed by atoms with Crippen molar-refractivity contribution in [3.05, 3.63) is 93.5 Å². The highest BCUT2D eigenvalue weighted by molar-refractivity contribution is 6.35. The van der Waals surface area contributed by atoms with Crippen molar-refractivity contribution in [3.8, 4) is 11.5 Å². The highest BCUT2D eigenvalue weighted by Crippen LogP contribution is 2.50. The number of nitrogens with zero attached hydrogens (tertiary/aromatic N) is 2. The van der Waals surface area contributed by atoms with E-state index in [-0.39, 0.29) is 6.04 Å². The Morgan fingerprint density at radius 1 is 1.00 bits per heavy atom. The molecule has 5 rings (SSSR count). The highest BCUT2D eigenvalue weighted by Gasteiger charge is 2.42. The Morgan fingerprint density at radius 2 is 1.76 bits per heavy atom. The summed E-state index contributed by atoms with van der Waals surface area (Å²) in [5, 5.41) is 7.92. The van der Waals surface area contributed by atoms with Crippen LogP contribution in [0.1, 0.15) is 35.4 Å². The standard InChI is InChI=1S/C23H18Cl2N2O2/c1-28-22-17(11-15(24)12-18(22)25)23-27-20(16-9-5-6-10-21(16)29-23)13-19(26-27)14-7-3-2-4-8-14/h2-12,20,23H,13H2,1H3/t20-,23+/m1/s1. The van der Waals surface area contributed by atoms with E-state index < -0.39 is 6.23 Å². The van der Waals surface area contributed by atoms with Crippen LogP contribution in [-0.4, -0.2) is 17.8 Å². The van der Waals surface area contributed by atoms with Gasteiger partial charge in [0.05, 0.1) is 29.4 Å². The van der Waals surface area contributed by atoms with Crippen LogP contribution in [0.4, 0.5) is 0 Å². The van der Waals surface area contributed by atoms with Gasteiger partial charge in [0.2, 0.25) is 6.23 Å². The first-order valence-electron chi connectivity index (χ1n) is 9.35. The van der Waals surface area contributed by atoms with E-state index in [1.807, 2.05) is 47.5 Å². The maximum Gasteiger partial charge on any atom is 0.217 e. The average molecular weight is 425 g/mol. The summed E-state index contributed by atoms with van der Waals surface area (Å²) in [5.41, 5.74) is 4.00. The Balaban J connectivity index is 1.66. The van der Waals surface area contributed by atoms with Gasteiger partial charge in [0.25, 0.3) is 0 Å². The molecule has 3 aromatic carbocycles. The molecule has 0 saturated carbocycles. The summed E-state index contributed by atoms with van der Waals surface area (Å²) in [4.78, 5) is 0. The first-order chi connectivity index (χ1) is 14.2. The Hall–Kier alpha value is -2.69. The summed E-state index contributed by atoms with van der Waals surface area (Å²) in [6.45, 7) is 0. The zero-order valence-corrected chi connectivity index (χ0v) is 17.2. The van der Waals surface area contributed by atoms with E-state index in [1.54, 1.807) is 13.2 Å². The van der Waals surface area contributed by atoms with Crippen LogP contribution in [0.3, 0.4) is 0 Å². The summed E-state index contributed by atoms with van der Waals surface area (Å²) in [5.74, 6) is 1.38. The Morgan fingerprint density at radius 3 is 2.55 bits per heavy atom. The van der Waals surface area contributed by atoms with Crippen LogP contribution in [0.25, 0.3) is 0 Å². The van der Waals surface area contributed by atoms with Gasteiger partial charge >= 0.3 is 0 Å².